The molecule has 7 nitrogen and oxygen atoms in total. The summed E-state index contributed by atoms with van der Waals surface area (Å²) in [6, 6.07) is 4.17. The maximum absolute atomic E-state index is 11.8. The number of hydrogen-bond donors (Lipinski definition) is 3. The van der Waals surface area contributed by atoms with Crippen LogP contribution in [0.5, 0.6) is 0 Å². The quantitative estimate of drug-likeness (QED) is 0.725. The van der Waals surface area contributed by atoms with Crippen molar-refractivity contribution >= 4 is 27.6 Å². The number of carbonyl (C=O) groups is 2. The Morgan fingerprint density at radius 2 is 1.74 bits per heavy atom. The number of carbonyl (C=O) groups excluding carboxylic acids is 1. The van der Waals surface area contributed by atoms with Gasteiger partial charge in [0.25, 0.3) is 0 Å². The van der Waals surface area contributed by atoms with E-state index in [9.17, 15) is 18.0 Å². The van der Waals surface area contributed by atoms with Crippen LogP contribution in [0.2, 0.25) is 0 Å². The standard InChI is InChI=1S/C11H14N2O5S/c1-7(11(15)16)13-19(17,18)10-5-3-9(4-6-10)12-8(2)14/h3-7,13H,1-2H3,(H,12,14)(H,15,16)/t7-/m1/s1. The summed E-state index contributed by atoms with van der Waals surface area (Å²) in [4.78, 5) is 21.3. The highest BCUT2D eigenvalue weighted by Crippen LogP contribution is 2.14. The van der Waals surface area contributed by atoms with Gasteiger partial charge in [0.15, 0.2) is 0 Å². The van der Waals surface area contributed by atoms with Gasteiger partial charge in [-0.05, 0) is 31.2 Å². The van der Waals surface area contributed by atoms with E-state index in [0.29, 0.717) is 5.69 Å². The van der Waals surface area contributed by atoms with Crippen LogP contribution < -0.4 is 10.0 Å². The maximum Gasteiger partial charge on any atom is 0.321 e. The van der Waals surface area contributed by atoms with Gasteiger partial charge >= 0.3 is 5.97 Å². The predicted octanol–water partition coefficient (Wildman–Crippen LogP) is 0.396. The normalized spacial score (nSPS) is 12.7. The Labute approximate surface area is 110 Å². The van der Waals surface area contributed by atoms with E-state index >= 15 is 0 Å². The lowest BCUT2D eigenvalue weighted by Crippen LogP contribution is -2.38. The van der Waals surface area contributed by atoms with Crippen molar-refractivity contribution in [2.75, 3.05) is 5.32 Å². The summed E-state index contributed by atoms with van der Waals surface area (Å²) in [5.41, 5.74) is 0.456. The topological polar surface area (TPSA) is 113 Å². The second-order valence-electron chi connectivity index (χ2n) is 3.89. The third-order valence-electron chi connectivity index (χ3n) is 2.19. The molecule has 1 aromatic rings. The molecule has 1 rings (SSSR count). The first kappa shape index (κ1) is 15.1. The number of aliphatic carboxylic acids is 1. The van der Waals surface area contributed by atoms with E-state index in [2.05, 4.69) is 5.32 Å². The Morgan fingerprint density at radius 1 is 1.21 bits per heavy atom. The lowest BCUT2D eigenvalue weighted by Gasteiger charge is -2.10. The van der Waals surface area contributed by atoms with Crippen LogP contribution in [0, 0.1) is 0 Å². The molecule has 0 spiro atoms. The number of carboxylic acids is 1. The molecule has 1 amide bonds. The van der Waals surface area contributed by atoms with Gasteiger partial charge < -0.3 is 10.4 Å². The smallest absolute Gasteiger partial charge is 0.321 e. The van der Waals surface area contributed by atoms with Crippen molar-refractivity contribution in [3.05, 3.63) is 24.3 Å². The summed E-state index contributed by atoms with van der Waals surface area (Å²) in [6.07, 6.45) is 0. The molecule has 0 aliphatic carbocycles. The van der Waals surface area contributed by atoms with Gasteiger partial charge in [-0.3, -0.25) is 9.59 Å². The van der Waals surface area contributed by atoms with Gasteiger partial charge in [0.05, 0.1) is 4.90 Å². The average molecular weight is 286 g/mol. The fourth-order valence-corrected chi connectivity index (χ4v) is 2.47. The van der Waals surface area contributed by atoms with Gasteiger partial charge in [-0.25, -0.2) is 8.42 Å². The molecule has 0 aliphatic rings. The lowest BCUT2D eigenvalue weighted by molar-refractivity contribution is -0.138. The molecule has 0 aliphatic heterocycles. The van der Waals surface area contributed by atoms with Gasteiger partial charge in [0, 0.05) is 12.6 Å². The van der Waals surface area contributed by atoms with E-state index < -0.39 is 22.0 Å². The molecule has 19 heavy (non-hydrogen) atoms. The van der Waals surface area contributed by atoms with Crippen LogP contribution in [-0.4, -0.2) is 31.4 Å². The molecule has 0 saturated heterocycles. The number of carboxylic acid groups (broad SMARTS) is 1. The van der Waals surface area contributed by atoms with Crippen LogP contribution in [0.1, 0.15) is 13.8 Å². The van der Waals surface area contributed by atoms with E-state index in [1.165, 1.54) is 38.1 Å². The van der Waals surface area contributed by atoms with Crippen LogP contribution in [0.4, 0.5) is 5.69 Å². The molecule has 0 fully saturated rings. The molecule has 0 bridgehead atoms. The second-order valence-corrected chi connectivity index (χ2v) is 5.60. The van der Waals surface area contributed by atoms with Crippen LogP contribution in [0.25, 0.3) is 0 Å². The second kappa shape index (κ2) is 5.81. The Morgan fingerprint density at radius 3 is 2.16 bits per heavy atom. The highest BCUT2D eigenvalue weighted by Gasteiger charge is 2.21. The molecule has 3 N–H and O–H groups in total. The Kier molecular flexibility index (Phi) is 4.62. The van der Waals surface area contributed by atoms with Gasteiger partial charge in [-0.15, -0.1) is 0 Å². The fourth-order valence-electron chi connectivity index (χ4n) is 1.27. The SMILES string of the molecule is CC(=O)Nc1ccc(S(=O)(=O)N[C@H](C)C(=O)O)cc1. The van der Waals surface area contributed by atoms with Crippen LogP contribution in [-0.2, 0) is 19.6 Å². The van der Waals surface area contributed by atoms with Gasteiger partial charge in [0.1, 0.15) is 6.04 Å². The van der Waals surface area contributed by atoms with Crippen LogP contribution in [0.15, 0.2) is 29.2 Å². The first-order valence-electron chi connectivity index (χ1n) is 5.35. The summed E-state index contributed by atoms with van der Waals surface area (Å²) in [6.45, 7) is 2.56. The van der Waals surface area contributed by atoms with Crippen molar-refractivity contribution in [3.63, 3.8) is 0 Å². The summed E-state index contributed by atoms with van der Waals surface area (Å²) in [5, 5.41) is 11.2. The van der Waals surface area contributed by atoms with E-state index in [-0.39, 0.29) is 10.8 Å². The fraction of sp³-hybridized carbons (Fsp3) is 0.273. The molecule has 1 atom stereocenters. The summed E-state index contributed by atoms with van der Waals surface area (Å²) in [7, 11) is -3.89. The van der Waals surface area contributed by atoms with Crippen molar-refractivity contribution < 1.29 is 23.1 Å². The summed E-state index contributed by atoms with van der Waals surface area (Å²) >= 11 is 0. The number of nitrogens with one attached hydrogen (secondary N) is 2. The van der Waals surface area contributed by atoms with Crippen molar-refractivity contribution in [2.45, 2.75) is 24.8 Å². The molecule has 0 aromatic heterocycles. The molecular formula is C11H14N2O5S. The number of benzene rings is 1. The average Bonchev–Trinajstić information content (AvgIpc) is 2.28. The first-order valence-corrected chi connectivity index (χ1v) is 6.83. The van der Waals surface area contributed by atoms with E-state index in [0.717, 1.165) is 0 Å². The third kappa shape index (κ3) is 4.34. The zero-order valence-corrected chi connectivity index (χ0v) is 11.2. The number of hydrogen-bond acceptors (Lipinski definition) is 4. The van der Waals surface area contributed by atoms with Gasteiger partial charge in [-0.2, -0.15) is 4.72 Å². The highest BCUT2D eigenvalue weighted by molar-refractivity contribution is 7.89. The van der Waals surface area contributed by atoms with E-state index in [4.69, 9.17) is 5.11 Å². The molecule has 104 valence electrons. The summed E-state index contributed by atoms with van der Waals surface area (Å²) in [5.74, 6) is -1.54. The Hall–Kier alpha value is -1.93. The molecule has 1 aromatic carbocycles. The van der Waals surface area contributed by atoms with E-state index in [1.807, 2.05) is 4.72 Å². The zero-order valence-electron chi connectivity index (χ0n) is 10.4. The maximum atomic E-state index is 11.8. The Balaban J connectivity index is 2.90. The largest absolute Gasteiger partial charge is 0.480 e. The minimum Gasteiger partial charge on any atom is -0.480 e. The zero-order chi connectivity index (χ0) is 14.6. The molecule has 8 heteroatoms. The molecule has 0 saturated carbocycles. The number of rotatable bonds is 5. The minimum atomic E-state index is -3.89. The molecular weight excluding hydrogens is 272 g/mol. The van der Waals surface area contributed by atoms with Crippen molar-refractivity contribution in [1.29, 1.82) is 0 Å². The van der Waals surface area contributed by atoms with Crippen molar-refractivity contribution in [1.82, 2.24) is 4.72 Å². The number of sulfonamides is 1. The highest BCUT2D eigenvalue weighted by atomic mass is 32.2. The van der Waals surface area contributed by atoms with Crippen molar-refractivity contribution in [2.24, 2.45) is 0 Å². The van der Waals surface area contributed by atoms with Crippen LogP contribution in [0.3, 0.4) is 0 Å². The monoisotopic (exact) mass is 286 g/mol. The minimum absolute atomic E-state index is 0.0743. The predicted molar refractivity (Wildman–Crippen MR) is 68.2 cm³/mol. The summed E-state index contributed by atoms with van der Waals surface area (Å²) < 4.78 is 25.7. The lowest BCUT2D eigenvalue weighted by atomic mass is 10.3. The van der Waals surface area contributed by atoms with Crippen molar-refractivity contribution in [3.8, 4) is 0 Å². The van der Waals surface area contributed by atoms with Gasteiger partial charge in [-0.1, -0.05) is 0 Å². The molecule has 0 unspecified atom stereocenters. The van der Waals surface area contributed by atoms with Crippen LogP contribution >= 0.6 is 0 Å². The molecule has 0 radical (unpaired) electrons. The third-order valence-corrected chi connectivity index (χ3v) is 3.74. The molecule has 0 heterocycles. The first-order chi connectivity index (χ1) is 8.72. The number of anilines is 1. The Bertz CT molecular complexity index is 580. The number of amides is 1. The van der Waals surface area contributed by atoms with E-state index in [1.54, 1.807) is 0 Å². The van der Waals surface area contributed by atoms with Gasteiger partial charge in [0.2, 0.25) is 15.9 Å².